The summed E-state index contributed by atoms with van der Waals surface area (Å²) in [6.07, 6.45) is 1.35. The molecule has 0 saturated carbocycles. The zero-order chi connectivity index (χ0) is 23.8. The number of methoxy groups -OCH3 is 1. The first-order valence-electron chi connectivity index (χ1n) is 10.5. The number of nitrogens with one attached hydrogen (secondary N) is 1. The van der Waals surface area contributed by atoms with Gasteiger partial charge in [0.05, 0.1) is 30.6 Å². The molecule has 0 aliphatic carbocycles. The van der Waals surface area contributed by atoms with Crippen LogP contribution in [0.4, 0.5) is 10.1 Å². The third kappa shape index (κ3) is 3.79. The van der Waals surface area contributed by atoms with Crippen molar-refractivity contribution in [1.82, 2.24) is 4.98 Å². The lowest BCUT2D eigenvalue weighted by Crippen LogP contribution is -2.30. The Morgan fingerprint density at radius 1 is 1.06 bits per heavy atom. The number of nitrogens with zero attached hydrogens (tertiary/aromatic N) is 2. The molecule has 1 aromatic heterocycles. The highest BCUT2D eigenvalue weighted by molar-refractivity contribution is 6.03. The second kappa shape index (κ2) is 8.47. The summed E-state index contributed by atoms with van der Waals surface area (Å²) < 4.78 is 19.2. The van der Waals surface area contributed by atoms with Gasteiger partial charge in [-0.1, -0.05) is 30.3 Å². The standard InChI is InChI=1S/C26H20FN3O4/c1-34-23-10-16(6-9-22(23)31)14-2-4-15(5-3-14)24-19-12-28-13-21(26(32)33)30-25(19)18-11-17(27)7-8-20(18)29-24/h2-11,13,21,30-31H,12H2,1H3,(H,32,33). The van der Waals surface area contributed by atoms with Crippen LogP contribution in [0.25, 0.3) is 33.3 Å². The quantitative estimate of drug-likeness (QED) is 0.404. The van der Waals surface area contributed by atoms with E-state index in [9.17, 15) is 19.4 Å². The number of halogens is 1. The number of phenols is 1. The number of aromatic hydroxyl groups is 1. The summed E-state index contributed by atoms with van der Waals surface area (Å²) in [5.74, 6) is -1.06. The maximum atomic E-state index is 14.0. The summed E-state index contributed by atoms with van der Waals surface area (Å²) in [7, 11) is 1.50. The van der Waals surface area contributed by atoms with Crippen molar-refractivity contribution < 1.29 is 24.1 Å². The number of carbonyl (C=O) groups is 1. The molecule has 4 aromatic rings. The van der Waals surface area contributed by atoms with Crippen LogP contribution in [0.1, 0.15) is 5.56 Å². The predicted octanol–water partition coefficient (Wildman–Crippen LogP) is 4.87. The summed E-state index contributed by atoms with van der Waals surface area (Å²) in [5, 5.41) is 22.9. The van der Waals surface area contributed by atoms with E-state index in [1.165, 1.54) is 25.5 Å². The minimum atomic E-state index is -1.08. The van der Waals surface area contributed by atoms with Crippen LogP contribution >= 0.6 is 0 Å². The SMILES string of the molecule is COc1cc(-c2ccc(-c3nc4ccc(F)cc4c4c3CN=CC(C(=O)O)N4)cc2)ccc1O. The third-order valence-electron chi connectivity index (χ3n) is 5.79. The summed E-state index contributed by atoms with van der Waals surface area (Å²) >= 11 is 0. The molecule has 170 valence electrons. The van der Waals surface area contributed by atoms with Gasteiger partial charge in [-0.05, 0) is 41.5 Å². The van der Waals surface area contributed by atoms with Gasteiger partial charge in [-0.2, -0.15) is 0 Å². The molecule has 3 aromatic carbocycles. The molecule has 34 heavy (non-hydrogen) atoms. The maximum Gasteiger partial charge on any atom is 0.331 e. The van der Waals surface area contributed by atoms with E-state index in [0.29, 0.717) is 33.6 Å². The fourth-order valence-corrected chi connectivity index (χ4v) is 4.08. The Hall–Kier alpha value is -4.46. The van der Waals surface area contributed by atoms with E-state index >= 15 is 0 Å². The molecule has 0 bridgehead atoms. The van der Waals surface area contributed by atoms with Crippen LogP contribution in [0, 0.1) is 5.82 Å². The smallest absolute Gasteiger partial charge is 0.331 e. The molecule has 5 rings (SSSR count). The highest BCUT2D eigenvalue weighted by atomic mass is 19.1. The first-order chi connectivity index (χ1) is 16.4. The van der Waals surface area contributed by atoms with E-state index in [0.717, 1.165) is 16.7 Å². The van der Waals surface area contributed by atoms with Crippen LogP contribution in [0.2, 0.25) is 0 Å². The number of hydrogen-bond acceptors (Lipinski definition) is 6. The van der Waals surface area contributed by atoms with Crippen LogP contribution in [0.5, 0.6) is 11.5 Å². The van der Waals surface area contributed by atoms with Gasteiger partial charge in [0, 0.05) is 22.7 Å². The minimum Gasteiger partial charge on any atom is -0.504 e. The van der Waals surface area contributed by atoms with Crippen molar-refractivity contribution in [2.75, 3.05) is 12.4 Å². The van der Waals surface area contributed by atoms with E-state index in [4.69, 9.17) is 9.72 Å². The number of rotatable bonds is 4. The molecule has 1 aliphatic rings. The lowest BCUT2D eigenvalue weighted by Gasteiger charge is -2.18. The van der Waals surface area contributed by atoms with Gasteiger partial charge in [-0.15, -0.1) is 0 Å². The molecule has 0 fully saturated rings. The Morgan fingerprint density at radius 3 is 2.53 bits per heavy atom. The molecule has 0 spiro atoms. The molecular weight excluding hydrogens is 437 g/mol. The first kappa shape index (κ1) is 21.4. The molecule has 1 aliphatic heterocycles. The van der Waals surface area contributed by atoms with Gasteiger partial charge < -0.3 is 20.3 Å². The van der Waals surface area contributed by atoms with Crippen LogP contribution in [-0.4, -0.2) is 40.5 Å². The second-order valence-corrected chi connectivity index (χ2v) is 7.89. The van der Waals surface area contributed by atoms with Gasteiger partial charge in [0.15, 0.2) is 17.5 Å². The lowest BCUT2D eigenvalue weighted by molar-refractivity contribution is -0.136. The number of pyridine rings is 1. The Bertz CT molecular complexity index is 1450. The number of aliphatic imine (C=N–C) groups is 1. The number of carboxylic acid groups (broad SMARTS) is 1. The van der Waals surface area contributed by atoms with Crippen LogP contribution in [-0.2, 0) is 11.3 Å². The largest absolute Gasteiger partial charge is 0.504 e. The molecule has 0 radical (unpaired) electrons. The first-order valence-corrected chi connectivity index (χ1v) is 10.5. The van der Waals surface area contributed by atoms with E-state index in [1.807, 2.05) is 24.3 Å². The van der Waals surface area contributed by atoms with Gasteiger partial charge in [0.2, 0.25) is 0 Å². The summed E-state index contributed by atoms with van der Waals surface area (Å²) in [4.78, 5) is 20.7. The topological polar surface area (TPSA) is 104 Å². The fourth-order valence-electron chi connectivity index (χ4n) is 4.08. The average molecular weight is 457 g/mol. The normalized spacial score (nSPS) is 14.8. The van der Waals surface area contributed by atoms with Crippen molar-refractivity contribution in [3.8, 4) is 33.9 Å². The van der Waals surface area contributed by atoms with Crippen molar-refractivity contribution in [3.63, 3.8) is 0 Å². The van der Waals surface area contributed by atoms with E-state index in [1.54, 1.807) is 24.3 Å². The number of hydrogen-bond donors (Lipinski definition) is 3. The molecule has 0 amide bonds. The Balaban J connectivity index is 1.63. The second-order valence-electron chi connectivity index (χ2n) is 7.89. The van der Waals surface area contributed by atoms with Gasteiger partial charge in [-0.25, -0.2) is 14.2 Å². The van der Waals surface area contributed by atoms with E-state index in [-0.39, 0.29) is 12.3 Å². The molecule has 1 unspecified atom stereocenters. The van der Waals surface area contributed by atoms with Crippen molar-refractivity contribution in [2.24, 2.45) is 4.99 Å². The number of carboxylic acids is 1. The average Bonchev–Trinajstić information content (AvgIpc) is 3.08. The highest BCUT2D eigenvalue weighted by Crippen LogP contribution is 2.37. The lowest BCUT2D eigenvalue weighted by atomic mass is 9.98. The van der Waals surface area contributed by atoms with Crippen molar-refractivity contribution >= 4 is 28.8 Å². The van der Waals surface area contributed by atoms with Gasteiger partial charge in [-0.3, -0.25) is 4.99 Å². The number of aromatic nitrogens is 1. The maximum absolute atomic E-state index is 14.0. The monoisotopic (exact) mass is 457 g/mol. The van der Waals surface area contributed by atoms with Crippen molar-refractivity contribution in [3.05, 3.63) is 72.0 Å². The third-order valence-corrected chi connectivity index (χ3v) is 5.79. The molecule has 1 atom stereocenters. The summed E-state index contributed by atoms with van der Waals surface area (Å²) in [6, 6.07) is 16.0. The van der Waals surface area contributed by atoms with Crippen molar-refractivity contribution in [2.45, 2.75) is 12.6 Å². The number of ether oxygens (including phenoxy) is 1. The zero-order valence-electron chi connectivity index (χ0n) is 18.1. The number of phenolic OH excluding ortho intramolecular Hbond substituents is 1. The number of benzene rings is 3. The fraction of sp³-hybridized carbons (Fsp3) is 0.115. The summed E-state index contributed by atoms with van der Waals surface area (Å²) in [6.45, 7) is 0.206. The molecule has 7 nitrogen and oxygen atoms in total. The van der Waals surface area contributed by atoms with Crippen LogP contribution < -0.4 is 10.1 Å². The Kier molecular flexibility index (Phi) is 5.33. The predicted molar refractivity (Wildman–Crippen MR) is 128 cm³/mol. The molecule has 0 saturated heterocycles. The Morgan fingerprint density at radius 2 is 1.79 bits per heavy atom. The molecular formula is C26H20FN3O4. The highest BCUT2D eigenvalue weighted by Gasteiger charge is 2.24. The van der Waals surface area contributed by atoms with Gasteiger partial charge in [0.1, 0.15) is 5.82 Å². The van der Waals surface area contributed by atoms with E-state index in [2.05, 4.69) is 10.3 Å². The Labute approximate surface area is 194 Å². The molecule has 8 heteroatoms. The number of fused-ring (bicyclic) bond motifs is 3. The van der Waals surface area contributed by atoms with Crippen molar-refractivity contribution in [1.29, 1.82) is 0 Å². The minimum absolute atomic E-state index is 0.0649. The molecule has 3 N–H and O–H groups in total. The number of aliphatic carboxylic acids is 1. The molecule has 2 heterocycles. The summed E-state index contributed by atoms with van der Waals surface area (Å²) in [5.41, 5.74) is 4.98. The van der Waals surface area contributed by atoms with Crippen LogP contribution in [0.3, 0.4) is 0 Å². The van der Waals surface area contributed by atoms with Gasteiger partial charge >= 0.3 is 5.97 Å². The van der Waals surface area contributed by atoms with Crippen LogP contribution in [0.15, 0.2) is 65.7 Å². The van der Waals surface area contributed by atoms with E-state index < -0.39 is 17.8 Å². The number of anilines is 1. The van der Waals surface area contributed by atoms with Gasteiger partial charge in [0.25, 0.3) is 0 Å². The zero-order valence-corrected chi connectivity index (χ0v) is 18.1.